The molecule has 4 aromatic rings. The van der Waals surface area contributed by atoms with E-state index in [2.05, 4.69) is 35.8 Å². The van der Waals surface area contributed by atoms with Crippen LogP contribution in [-0.4, -0.2) is 46.2 Å². The summed E-state index contributed by atoms with van der Waals surface area (Å²) in [5, 5.41) is 13.7. The number of rotatable bonds is 5. The molecule has 0 radical (unpaired) electrons. The highest BCUT2D eigenvalue weighted by molar-refractivity contribution is 6.02. The van der Waals surface area contributed by atoms with Gasteiger partial charge < -0.3 is 10.6 Å². The molecule has 4 rings (SSSR count). The van der Waals surface area contributed by atoms with Gasteiger partial charge in [0.25, 0.3) is 11.7 Å². The molecule has 0 aliphatic heterocycles. The van der Waals surface area contributed by atoms with E-state index >= 15 is 0 Å². The van der Waals surface area contributed by atoms with Gasteiger partial charge in [0, 0.05) is 22.8 Å². The highest BCUT2D eigenvalue weighted by Gasteiger charge is 2.17. The molecule has 0 fully saturated rings. The van der Waals surface area contributed by atoms with E-state index in [9.17, 15) is 9.59 Å². The third-order valence-electron chi connectivity index (χ3n) is 4.44. The lowest BCUT2D eigenvalue weighted by atomic mass is 10.2. The molecule has 0 bridgehead atoms. The van der Waals surface area contributed by atoms with Crippen molar-refractivity contribution in [1.29, 1.82) is 0 Å². The van der Waals surface area contributed by atoms with Gasteiger partial charge in [-0.1, -0.05) is 0 Å². The van der Waals surface area contributed by atoms with Crippen molar-refractivity contribution in [2.45, 2.75) is 26.8 Å². The van der Waals surface area contributed by atoms with Gasteiger partial charge >= 0.3 is 0 Å². The number of aromatic nitrogens is 7. The summed E-state index contributed by atoms with van der Waals surface area (Å²) in [6.07, 6.45) is 2.85. The Balaban J connectivity index is 1.42. The minimum Gasteiger partial charge on any atom is -0.324 e. The smallest absolute Gasteiger partial charge is 0.295 e. The van der Waals surface area contributed by atoms with E-state index in [0.29, 0.717) is 17.2 Å². The lowest BCUT2D eigenvalue weighted by Gasteiger charge is -2.12. The molecule has 0 aliphatic rings. The Morgan fingerprint density at radius 1 is 1.03 bits per heavy atom. The van der Waals surface area contributed by atoms with E-state index in [4.69, 9.17) is 0 Å². The minimum absolute atomic E-state index is 0.0234. The van der Waals surface area contributed by atoms with Crippen LogP contribution in [0.25, 0.3) is 5.78 Å². The Kier molecular flexibility index (Phi) is 4.92. The fourth-order valence-corrected chi connectivity index (χ4v) is 2.87. The lowest BCUT2D eigenvalue weighted by Crippen LogP contribution is -2.24. The largest absolute Gasteiger partial charge is 0.324 e. The van der Waals surface area contributed by atoms with Crippen LogP contribution >= 0.6 is 0 Å². The summed E-state index contributed by atoms with van der Waals surface area (Å²) in [5.41, 5.74) is 2.77. The number of nitrogens with one attached hydrogen (secondary N) is 2. The number of carbonyl (C=O) groups is 2. The van der Waals surface area contributed by atoms with E-state index in [1.807, 2.05) is 19.9 Å². The van der Waals surface area contributed by atoms with E-state index in [1.54, 1.807) is 31.2 Å². The molecule has 11 nitrogen and oxygen atoms in total. The highest BCUT2D eigenvalue weighted by Crippen LogP contribution is 2.16. The number of nitrogens with zero attached hydrogens (tertiary/aromatic N) is 7. The van der Waals surface area contributed by atoms with Gasteiger partial charge in [-0.15, -0.1) is 5.10 Å². The molecule has 2 amide bonds. The first-order valence-corrected chi connectivity index (χ1v) is 9.18. The van der Waals surface area contributed by atoms with Crippen LogP contribution < -0.4 is 10.6 Å². The Morgan fingerprint density at radius 2 is 1.73 bits per heavy atom. The first-order chi connectivity index (χ1) is 14.4. The third-order valence-corrected chi connectivity index (χ3v) is 4.44. The first-order valence-electron chi connectivity index (χ1n) is 9.18. The standard InChI is InChI=1S/C19H19N9O2/c1-11-8-12(2)28-19(22-11)25-16(26-28)18(30)24-15-6-4-14(5-7-15)23-17(29)13(3)27-10-20-9-21-27/h4-10,13H,1-3H3,(H,23,29)(H,24,30). The number of fused-ring (bicyclic) bond motifs is 1. The van der Waals surface area contributed by atoms with Gasteiger partial charge in [-0.05, 0) is 51.1 Å². The summed E-state index contributed by atoms with van der Waals surface area (Å²) < 4.78 is 2.99. The van der Waals surface area contributed by atoms with Gasteiger partial charge in [-0.25, -0.2) is 19.2 Å². The number of aryl methyl sites for hydroxylation is 2. The van der Waals surface area contributed by atoms with Crippen molar-refractivity contribution in [3.05, 3.63) is 60.2 Å². The molecular formula is C19H19N9O2. The van der Waals surface area contributed by atoms with Gasteiger partial charge in [0.15, 0.2) is 0 Å². The molecule has 1 unspecified atom stereocenters. The maximum atomic E-state index is 12.5. The molecule has 3 heterocycles. The van der Waals surface area contributed by atoms with Gasteiger partial charge in [0.1, 0.15) is 18.7 Å². The summed E-state index contributed by atoms with van der Waals surface area (Å²) >= 11 is 0. The first kappa shape index (κ1) is 19.2. The zero-order valence-electron chi connectivity index (χ0n) is 16.6. The predicted octanol–water partition coefficient (Wildman–Crippen LogP) is 1.78. The van der Waals surface area contributed by atoms with Crippen molar-refractivity contribution in [2.75, 3.05) is 10.6 Å². The minimum atomic E-state index is -0.506. The van der Waals surface area contributed by atoms with Crippen molar-refractivity contribution in [3.63, 3.8) is 0 Å². The topological polar surface area (TPSA) is 132 Å². The van der Waals surface area contributed by atoms with E-state index in [-0.39, 0.29) is 11.7 Å². The van der Waals surface area contributed by atoms with Crippen LogP contribution in [-0.2, 0) is 4.79 Å². The summed E-state index contributed by atoms with van der Waals surface area (Å²) in [5.74, 6) is -0.286. The molecule has 0 spiro atoms. The van der Waals surface area contributed by atoms with E-state index < -0.39 is 11.9 Å². The number of hydrogen-bond donors (Lipinski definition) is 2. The molecule has 152 valence electrons. The summed E-state index contributed by atoms with van der Waals surface area (Å²) in [7, 11) is 0. The predicted molar refractivity (Wildman–Crippen MR) is 108 cm³/mol. The lowest BCUT2D eigenvalue weighted by molar-refractivity contribution is -0.119. The van der Waals surface area contributed by atoms with Crippen molar-refractivity contribution < 1.29 is 9.59 Å². The maximum absolute atomic E-state index is 12.5. The molecule has 11 heteroatoms. The van der Waals surface area contributed by atoms with Crippen LogP contribution in [0.2, 0.25) is 0 Å². The fourth-order valence-electron chi connectivity index (χ4n) is 2.87. The van der Waals surface area contributed by atoms with Crippen LogP contribution in [0.4, 0.5) is 11.4 Å². The molecule has 1 atom stereocenters. The average Bonchev–Trinajstić information content (AvgIpc) is 3.39. The molecule has 0 saturated carbocycles. The maximum Gasteiger partial charge on any atom is 0.295 e. The summed E-state index contributed by atoms with van der Waals surface area (Å²) in [6, 6.07) is 8.09. The fraction of sp³-hybridized carbons (Fsp3) is 0.211. The van der Waals surface area contributed by atoms with E-state index in [1.165, 1.54) is 21.9 Å². The highest BCUT2D eigenvalue weighted by atomic mass is 16.2. The van der Waals surface area contributed by atoms with Crippen molar-refractivity contribution in [1.82, 2.24) is 34.3 Å². The van der Waals surface area contributed by atoms with Crippen molar-refractivity contribution in [2.24, 2.45) is 0 Å². The second kappa shape index (κ2) is 7.70. The Labute approximate surface area is 171 Å². The average molecular weight is 405 g/mol. The van der Waals surface area contributed by atoms with Crippen LogP contribution in [0.3, 0.4) is 0 Å². The molecule has 0 saturated heterocycles. The van der Waals surface area contributed by atoms with Crippen LogP contribution in [0.1, 0.15) is 35.0 Å². The van der Waals surface area contributed by atoms with Gasteiger partial charge in [0.05, 0.1) is 0 Å². The SMILES string of the molecule is Cc1cc(C)n2nc(C(=O)Nc3ccc(NC(=O)C(C)n4cncn4)cc3)nc2n1. The number of benzene rings is 1. The second-order valence-corrected chi connectivity index (χ2v) is 6.76. The monoisotopic (exact) mass is 405 g/mol. The third kappa shape index (κ3) is 3.85. The number of amides is 2. The zero-order chi connectivity index (χ0) is 21.3. The van der Waals surface area contributed by atoms with Crippen LogP contribution in [0.5, 0.6) is 0 Å². The summed E-state index contributed by atoms with van der Waals surface area (Å²) in [4.78, 5) is 37.1. The molecule has 0 aliphatic carbocycles. The molecule has 30 heavy (non-hydrogen) atoms. The molecule has 3 aromatic heterocycles. The Morgan fingerprint density at radius 3 is 2.40 bits per heavy atom. The Hall–Kier alpha value is -4.15. The van der Waals surface area contributed by atoms with Gasteiger partial charge in [-0.3, -0.25) is 9.59 Å². The van der Waals surface area contributed by atoms with Crippen molar-refractivity contribution >= 4 is 29.0 Å². The molecule has 2 N–H and O–H groups in total. The zero-order valence-corrected chi connectivity index (χ0v) is 16.6. The van der Waals surface area contributed by atoms with Crippen LogP contribution in [0.15, 0.2) is 43.0 Å². The second-order valence-electron chi connectivity index (χ2n) is 6.76. The molecule has 1 aromatic carbocycles. The number of carbonyl (C=O) groups excluding carboxylic acids is 2. The van der Waals surface area contributed by atoms with Gasteiger partial charge in [0.2, 0.25) is 11.7 Å². The molecular weight excluding hydrogens is 386 g/mol. The van der Waals surface area contributed by atoms with Crippen molar-refractivity contribution in [3.8, 4) is 0 Å². The quantitative estimate of drug-likeness (QED) is 0.517. The Bertz CT molecular complexity index is 1210. The summed E-state index contributed by atoms with van der Waals surface area (Å²) in [6.45, 7) is 5.45. The van der Waals surface area contributed by atoms with Crippen LogP contribution in [0, 0.1) is 13.8 Å². The van der Waals surface area contributed by atoms with E-state index in [0.717, 1.165) is 11.4 Å². The van der Waals surface area contributed by atoms with Gasteiger partial charge in [-0.2, -0.15) is 10.1 Å². The number of hydrogen-bond acceptors (Lipinski definition) is 7. The normalized spacial score (nSPS) is 12.0. The number of anilines is 2.